The molecule has 1 aromatic rings. The SMILES string of the molecule is CON(C)C(=O)c1cnc(Cl)cc1NC1CCC(NC(=O)OC(C)(C)C)CC1. The highest BCUT2D eigenvalue weighted by Gasteiger charge is 2.26. The molecule has 0 radical (unpaired) electrons. The van der Waals surface area contributed by atoms with E-state index in [1.54, 1.807) is 6.07 Å². The van der Waals surface area contributed by atoms with Crippen LogP contribution in [0.25, 0.3) is 0 Å². The Balaban J connectivity index is 1.95. The largest absolute Gasteiger partial charge is 0.444 e. The van der Waals surface area contributed by atoms with Gasteiger partial charge in [-0.3, -0.25) is 9.63 Å². The fourth-order valence-corrected chi connectivity index (χ4v) is 3.21. The summed E-state index contributed by atoms with van der Waals surface area (Å²) in [5.41, 5.74) is 0.502. The van der Waals surface area contributed by atoms with Gasteiger partial charge in [0, 0.05) is 25.3 Å². The molecule has 0 spiro atoms. The Morgan fingerprint density at radius 3 is 2.39 bits per heavy atom. The number of alkyl carbamates (subject to hydrolysis) is 1. The standard InChI is InChI=1S/C19H29ClN4O4/c1-19(2,3)28-18(26)23-13-8-6-12(7-9-13)22-15-10-16(20)21-11-14(15)17(25)24(4)27-5/h10-13H,6-9H2,1-5H3,(H,21,22)(H,23,26). The molecule has 156 valence electrons. The Morgan fingerprint density at radius 2 is 1.82 bits per heavy atom. The number of carbonyl (C=O) groups excluding carboxylic acids is 2. The highest BCUT2D eigenvalue weighted by Crippen LogP contribution is 2.26. The summed E-state index contributed by atoms with van der Waals surface area (Å²) in [6.07, 6.45) is 4.37. The summed E-state index contributed by atoms with van der Waals surface area (Å²) in [5.74, 6) is -0.311. The number of amides is 2. The first-order chi connectivity index (χ1) is 13.1. The molecule has 1 heterocycles. The molecule has 2 rings (SSSR count). The second kappa shape index (κ2) is 9.43. The third-order valence-corrected chi connectivity index (χ3v) is 4.68. The van der Waals surface area contributed by atoms with E-state index in [-0.39, 0.29) is 24.1 Å². The first-order valence-corrected chi connectivity index (χ1v) is 9.70. The van der Waals surface area contributed by atoms with E-state index in [2.05, 4.69) is 15.6 Å². The van der Waals surface area contributed by atoms with E-state index in [1.165, 1.54) is 20.4 Å². The Labute approximate surface area is 170 Å². The molecule has 28 heavy (non-hydrogen) atoms. The Bertz CT molecular complexity index is 700. The highest BCUT2D eigenvalue weighted by atomic mass is 35.5. The molecule has 0 bridgehead atoms. The van der Waals surface area contributed by atoms with Crippen molar-refractivity contribution in [2.24, 2.45) is 0 Å². The normalized spacial score (nSPS) is 19.6. The number of hydrogen-bond donors (Lipinski definition) is 2. The van der Waals surface area contributed by atoms with Gasteiger partial charge in [-0.15, -0.1) is 0 Å². The molecule has 2 N–H and O–H groups in total. The van der Waals surface area contributed by atoms with Crippen LogP contribution < -0.4 is 10.6 Å². The molecule has 8 nitrogen and oxygen atoms in total. The smallest absolute Gasteiger partial charge is 0.407 e. The molecule has 0 atom stereocenters. The van der Waals surface area contributed by atoms with Gasteiger partial charge in [0.2, 0.25) is 0 Å². The lowest BCUT2D eigenvalue weighted by atomic mass is 9.91. The van der Waals surface area contributed by atoms with Crippen LogP contribution in [0.2, 0.25) is 5.15 Å². The van der Waals surface area contributed by atoms with Crippen LogP contribution in [0, 0.1) is 0 Å². The maximum Gasteiger partial charge on any atom is 0.407 e. The van der Waals surface area contributed by atoms with E-state index in [1.807, 2.05) is 20.8 Å². The summed E-state index contributed by atoms with van der Waals surface area (Å²) < 4.78 is 5.31. The molecule has 0 saturated heterocycles. The molecular formula is C19H29ClN4O4. The van der Waals surface area contributed by atoms with Gasteiger partial charge < -0.3 is 15.4 Å². The number of nitrogens with zero attached hydrogens (tertiary/aromatic N) is 2. The molecule has 1 fully saturated rings. The monoisotopic (exact) mass is 412 g/mol. The number of anilines is 1. The van der Waals surface area contributed by atoms with Crippen molar-refractivity contribution >= 4 is 29.3 Å². The van der Waals surface area contributed by atoms with Crippen LogP contribution in [0.1, 0.15) is 56.8 Å². The lowest BCUT2D eigenvalue weighted by molar-refractivity contribution is -0.0756. The van der Waals surface area contributed by atoms with E-state index < -0.39 is 5.60 Å². The van der Waals surface area contributed by atoms with Crippen LogP contribution in [0.3, 0.4) is 0 Å². The van der Waals surface area contributed by atoms with E-state index >= 15 is 0 Å². The van der Waals surface area contributed by atoms with E-state index in [9.17, 15) is 9.59 Å². The van der Waals surface area contributed by atoms with Crippen molar-refractivity contribution in [2.45, 2.75) is 64.1 Å². The van der Waals surface area contributed by atoms with Crippen LogP contribution in [0.5, 0.6) is 0 Å². The molecule has 0 aliphatic heterocycles. The topological polar surface area (TPSA) is 92.8 Å². The fraction of sp³-hybridized carbons (Fsp3) is 0.632. The summed E-state index contributed by atoms with van der Waals surface area (Å²) in [4.78, 5) is 33.4. The van der Waals surface area contributed by atoms with Gasteiger partial charge in [0.15, 0.2) is 0 Å². The molecule has 1 aliphatic carbocycles. The summed E-state index contributed by atoms with van der Waals surface area (Å²) in [7, 11) is 2.96. The number of rotatable bonds is 5. The molecule has 2 amide bonds. The van der Waals surface area contributed by atoms with Crippen molar-refractivity contribution in [3.8, 4) is 0 Å². The molecular weight excluding hydrogens is 384 g/mol. The average Bonchev–Trinajstić information content (AvgIpc) is 2.60. The number of aromatic nitrogens is 1. The fourth-order valence-electron chi connectivity index (χ4n) is 3.05. The summed E-state index contributed by atoms with van der Waals surface area (Å²) >= 11 is 6.02. The predicted molar refractivity (Wildman–Crippen MR) is 107 cm³/mol. The first-order valence-electron chi connectivity index (χ1n) is 9.33. The van der Waals surface area contributed by atoms with Crippen LogP contribution in [-0.2, 0) is 9.57 Å². The molecule has 9 heteroatoms. The van der Waals surface area contributed by atoms with Gasteiger partial charge in [-0.05, 0) is 52.5 Å². The van der Waals surface area contributed by atoms with Crippen molar-refractivity contribution in [3.63, 3.8) is 0 Å². The van der Waals surface area contributed by atoms with Crippen molar-refractivity contribution in [1.29, 1.82) is 0 Å². The van der Waals surface area contributed by atoms with Crippen LogP contribution in [-0.4, -0.2) is 53.9 Å². The minimum atomic E-state index is -0.512. The van der Waals surface area contributed by atoms with E-state index in [0.717, 1.165) is 30.7 Å². The lowest BCUT2D eigenvalue weighted by Crippen LogP contribution is -2.42. The Morgan fingerprint density at radius 1 is 1.21 bits per heavy atom. The third-order valence-electron chi connectivity index (χ3n) is 4.47. The van der Waals surface area contributed by atoms with Crippen molar-refractivity contribution in [1.82, 2.24) is 15.4 Å². The van der Waals surface area contributed by atoms with Gasteiger partial charge in [0.05, 0.1) is 18.4 Å². The zero-order chi connectivity index (χ0) is 20.9. The van der Waals surface area contributed by atoms with E-state index in [4.69, 9.17) is 21.2 Å². The second-order valence-corrected chi connectivity index (χ2v) is 8.26. The lowest BCUT2D eigenvalue weighted by Gasteiger charge is -2.31. The summed E-state index contributed by atoms with van der Waals surface area (Å²) in [5, 5.41) is 7.76. The zero-order valence-corrected chi connectivity index (χ0v) is 17.8. The molecule has 1 aliphatic rings. The molecule has 1 saturated carbocycles. The van der Waals surface area contributed by atoms with Gasteiger partial charge in [-0.2, -0.15) is 0 Å². The number of hydroxylamine groups is 2. The summed E-state index contributed by atoms with van der Waals surface area (Å²) in [6, 6.07) is 1.88. The minimum absolute atomic E-state index is 0.0784. The number of carbonyl (C=O) groups is 2. The van der Waals surface area contributed by atoms with E-state index in [0.29, 0.717) is 16.4 Å². The highest BCUT2D eigenvalue weighted by molar-refractivity contribution is 6.29. The predicted octanol–water partition coefficient (Wildman–Crippen LogP) is 3.62. The molecule has 0 aromatic carbocycles. The number of halogens is 1. The number of pyridine rings is 1. The maximum absolute atomic E-state index is 12.5. The maximum atomic E-state index is 12.5. The van der Waals surface area contributed by atoms with Gasteiger partial charge >= 0.3 is 6.09 Å². The second-order valence-electron chi connectivity index (χ2n) is 7.88. The Hall–Kier alpha value is -2.06. The quantitative estimate of drug-likeness (QED) is 0.566. The summed E-state index contributed by atoms with van der Waals surface area (Å²) in [6.45, 7) is 5.52. The minimum Gasteiger partial charge on any atom is -0.444 e. The molecule has 1 aromatic heterocycles. The third kappa shape index (κ3) is 6.53. The van der Waals surface area contributed by atoms with Gasteiger partial charge in [-0.1, -0.05) is 11.6 Å². The van der Waals surface area contributed by atoms with Gasteiger partial charge in [-0.25, -0.2) is 14.8 Å². The van der Waals surface area contributed by atoms with Crippen molar-refractivity contribution < 1.29 is 19.2 Å². The average molecular weight is 413 g/mol. The Kier molecular flexibility index (Phi) is 7.48. The number of hydrogen-bond acceptors (Lipinski definition) is 6. The van der Waals surface area contributed by atoms with Crippen molar-refractivity contribution in [3.05, 3.63) is 23.0 Å². The van der Waals surface area contributed by atoms with Crippen LogP contribution in [0.15, 0.2) is 12.3 Å². The zero-order valence-electron chi connectivity index (χ0n) is 17.0. The first kappa shape index (κ1) is 22.2. The van der Waals surface area contributed by atoms with Gasteiger partial charge in [0.1, 0.15) is 10.8 Å². The van der Waals surface area contributed by atoms with Gasteiger partial charge in [0.25, 0.3) is 5.91 Å². The van der Waals surface area contributed by atoms with Crippen molar-refractivity contribution in [2.75, 3.05) is 19.5 Å². The number of ether oxygens (including phenoxy) is 1. The molecule has 0 unspecified atom stereocenters. The number of nitrogens with one attached hydrogen (secondary N) is 2. The van der Waals surface area contributed by atoms with Crippen LogP contribution >= 0.6 is 11.6 Å². The van der Waals surface area contributed by atoms with Crippen LogP contribution in [0.4, 0.5) is 10.5 Å².